The van der Waals surface area contributed by atoms with Gasteiger partial charge in [-0.2, -0.15) is 0 Å². The van der Waals surface area contributed by atoms with Gasteiger partial charge in [-0.05, 0) is 31.9 Å². The van der Waals surface area contributed by atoms with Crippen LogP contribution < -0.4 is 10.6 Å². The average molecular weight is 354 g/mol. The second kappa shape index (κ2) is 6.51. The number of nitrogens with two attached hydrogens (primary N) is 1. The minimum atomic E-state index is -0.381. The number of pyridine rings is 1. The molecular formula is C18H22N6O2. The Balaban J connectivity index is 1.49. The van der Waals surface area contributed by atoms with Crippen molar-refractivity contribution in [3.05, 3.63) is 24.2 Å². The minimum Gasteiger partial charge on any atom is -0.369 e. The molecule has 0 radical (unpaired) electrons. The predicted octanol–water partition coefficient (Wildman–Crippen LogP) is 0.636. The third kappa shape index (κ3) is 2.95. The molecule has 0 bridgehead atoms. The summed E-state index contributed by atoms with van der Waals surface area (Å²) in [7, 11) is 0. The number of hydrogen-bond acceptors (Lipinski definition) is 6. The zero-order valence-electron chi connectivity index (χ0n) is 14.8. The van der Waals surface area contributed by atoms with Crippen LogP contribution in [-0.4, -0.2) is 57.3 Å². The molecule has 2 aromatic heterocycles. The van der Waals surface area contributed by atoms with Gasteiger partial charge in [0.15, 0.2) is 5.65 Å². The Kier molecular flexibility index (Phi) is 4.18. The van der Waals surface area contributed by atoms with Gasteiger partial charge in [-0.15, -0.1) is 0 Å². The number of piperidine rings is 1. The van der Waals surface area contributed by atoms with Gasteiger partial charge in [0.25, 0.3) is 0 Å². The monoisotopic (exact) mass is 354 g/mol. The van der Waals surface area contributed by atoms with Crippen LogP contribution in [0.25, 0.3) is 11.0 Å². The van der Waals surface area contributed by atoms with Crippen molar-refractivity contribution in [2.45, 2.75) is 32.2 Å². The number of hydrogen-bond donors (Lipinski definition) is 1. The minimum absolute atomic E-state index is 0.0415. The number of rotatable bonds is 3. The first-order chi connectivity index (χ1) is 12.5. The molecule has 26 heavy (non-hydrogen) atoms. The predicted molar refractivity (Wildman–Crippen MR) is 96.3 cm³/mol. The quantitative estimate of drug-likeness (QED) is 0.867. The Bertz CT molecular complexity index is 862. The first-order valence-corrected chi connectivity index (χ1v) is 8.96. The highest BCUT2D eigenvalue weighted by atomic mass is 16.2. The standard InChI is InChI=1S/C18H22N6O2/c1-11-21-17-14(3-2-6-20-17)18(22-11)23-7-4-13(5-8-23)24-10-12(16(19)26)9-15(24)25/h2-3,6,12-13H,4-5,7-10H2,1H3,(H2,19,26). The topological polar surface area (TPSA) is 105 Å². The molecule has 1 atom stereocenters. The van der Waals surface area contributed by atoms with Crippen LogP contribution in [0.2, 0.25) is 0 Å². The number of likely N-dealkylation sites (tertiary alicyclic amines) is 1. The molecule has 2 amide bonds. The number of primary amides is 1. The lowest BCUT2D eigenvalue weighted by atomic mass is 10.0. The summed E-state index contributed by atoms with van der Waals surface area (Å²) in [5.74, 6) is 0.919. The van der Waals surface area contributed by atoms with Crippen molar-refractivity contribution in [3.63, 3.8) is 0 Å². The van der Waals surface area contributed by atoms with E-state index in [1.54, 1.807) is 6.20 Å². The van der Waals surface area contributed by atoms with Crippen LogP contribution in [0.15, 0.2) is 18.3 Å². The molecule has 8 heteroatoms. The van der Waals surface area contributed by atoms with Gasteiger partial charge in [-0.25, -0.2) is 15.0 Å². The summed E-state index contributed by atoms with van der Waals surface area (Å²) in [5.41, 5.74) is 6.08. The normalized spacial score (nSPS) is 21.6. The van der Waals surface area contributed by atoms with Crippen LogP contribution >= 0.6 is 0 Å². The number of aryl methyl sites for hydroxylation is 1. The highest BCUT2D eigenvalue weighted by Crippen LogP contribution is 2.29. The van der Waals surface area contributed by atoms with Gasteiger partial charge < -0.3 is 15.5 Å². The van der Waals surface area contributed by atoms with Crippen molar-refractivity contribution in [2.75, 3.05) is 24.5 Å². The Hall–Kier alpha value is -2.77. The highest BCUT2D eigenvalue weighted by molar-refractivity contribution is 5.89. The van der Waals surface area contributed by atoms with Crippen LogP contribution in [0, 0.1) is 12.8 Å². The summed E-state index contributed by atoms with van der Waals surface area (Å²) in [6.07, 6.45) is 3.68. The van der Waals surface area contributed by atoms with Gasteiger partial charge in [0.2, 0.25) is 11.8 Å². The zero-order chi connectivity index (χ0) is 18.3. The van der Waals surface area contributed by atoms with Gasteiger partial charge >= 0.3 is 0 Å². The van der Waals surface area contributed by atoms with Crippen molar-refractivity contribution in [1.82, 2.24) is 19.9 Å². The average Bonchev–Trinajstić information content (AvgIpc) is 3.03. The van der Waals surface area contributed by atoms with E-state index in [2.05, 4.69) is 19.9 Å². The Morgan fingerprint density at radius 3 is 2.73 bits per heavy atom. The van der Waals surface area contributed by atoms with Crippen LogP contribution in [-0.2, 0) is 9.59 Å². The van der Waals surface area contributed by atoms with Gasteiger partial charge in [-0.3, -0.25) is 9.59 Å². The number of carbonyl (C=O) groups excluding carboxylic acids is 2. The van der Waals surface area contributed by atoms with Gasteiger partial charge in [0.1, 0.15) is 11.6 Å². The molecule has 0 aliphatic carbocycles. The lowest BCUT2D eigenvalue weighted by Crippen LogP contribution is -2.46. The lowest BCUT2D eigenvalue weighted by molar-refractivity contribution is -0.130. The Morgan fingerprint density at radius 1 is 1.27 bits per heavy atom. The van der Waals surface area contributed by atoms with E-state index < -0.39 is 0 Å². The summed E-state index contributed by atoms with van der Waals surface area (Å²) in [5, 5.41) is 0.947. The van der Waals surface area contributed by atoms with E-state index >= 15 is 0 Å². The molecule has 0 aromatic carbocycles. The van der Waals surface area contributed by atoms with Crippen LogP contribution in [0.4, 0.5) is 5.82 Å². The Morgan fingerprint density at radius 2 is 2.04 bits per heavy atom. The molecule has 2 N–H and O–H groups in total. The van der Waals surface area contributed by atoms with Crippen molar-refractivity contribution in [3.8, 4) is 0 Å². The van der Waals surface area contributed by atoms with Gasteiger partial charge in [0.05, 0.1) is 11.3 Å². The van der Waals surface area contributed by atoms with Crippen LogP contribution in [0.5, 0.6) is 0 Å². The molecule has 4 heterocycles. The summed E-state index contributed by atoms with van der Waals surface area (Å²) in [6, 6.07) is 4.05. The van der Waals surface area contributed by atoms with E-state index in [1.165, 1.54) is 0 Å². The van der Waals surface area contributed by atoms with E-state index in [-0.39, 0.29) is 30.2 Å². The first kappa shape index (κ1) is 16.7. The molecular weight excluding hydrogens is 332 g/mol. The molecule has 2 aliphatic heterocycles. The van der Waals surface area contributed by atoms with E-state index in [4.69, 9.17) is 5.73 Å². The summed E-state index contributed by atoms with van der Waals surface area (Å²) in [4.78, 5) is 41.1. The number of aromatic nitrogens is 3. The number of fused-ring (bicyclic) bond motifs is 1. The molecule has 4 rings (SSSR count). The van der Waals surface area contributed by atoms with Gasteiger partial charge in [0, 0.05) is 38.3 Å². The van der Waals surface area contributed by atoms with Crippen molar-refractivity contribution in [2.24, 2.45) is 11.7 Å². The molecule has 2 fully saturated rings. The van der Waals surface area contributed by atoms with Gasteiger partial charge in [-0.1, -0.05) is 0 Å². The second-order valence-corrected chi connectivity index (χ2v) is 7.04. The zero-order valence-corrected chi connectivity index (χ0v) is 14.8. The fourth-order valence-electron chi connectivity index (χ4n) is 3.96. The largest absolute Gasteiger partial charge is 0.369 e. The molecule has 136 valence electrons. The number of amides is 2. The molecule has 2 aliphatic rings. The number of anilines is 1. The van der Waals surface area contributed by atoms with Crippen molar-refractivity contribution < 1.29 is 9.59 Å². The third-order valence-electron chi connectivity index (χ3n) is 5.33. The molecule has 1 unspecified atom stereocenters. The van der Waals surface area contributed by atoms with E-state index in [0.29, 0.717) is 18.0 Å². The fraction of sp³-hybridized carbons (Fsp3) is 0.500. The maximum Gasteiger partial charge on any atom is 0.223 e. The molecule has 0 saturated carbocycles. The summed E-state index contributed by atoms with van der Waals surface area (Å²) < 4.78 is 0. The van der Waals surface area contributed by atoms with E-state index in [9.17, 15) is 9.59 Å². The summed E-state index contributed by atoms with van der Waals surface area (Å²) >= 11 is 0. The third-order valence-corrected chi connectivity index (χ3v) is 5.33. The number of carbonyl (C=O) groups is 2. The Labute approximate surface area is 151 Å². The molecule has 2 aromatic rings. The molecule has 0 spiro atoms. The molecule has 8 nitrogen and oxygen atoms in total. The highest BCUT2D eigenvalue weighted by Gasteiger charge is 2.38. The molecule has 2 saturated heterocycles. The second-order valence-electron chi connectivity index (χ2n) is 7.04. The van der Waals surface area contributed by atoms with Crippen molar-refractivity contribution >= 4 is 28.7 Å². The maximum absolute atomic E-state index is 12.2. The number of nitrogens with zero attached hydrogens (tertiary/aromatic N) is 5. The van der Waals surface area contributed by atoms with Crippen molar-refractivity contribution in [1.29, 1.82) is 0 Å². The smallest absolute Gasteiger partial charge is 0.223 e. The first-order valence-electron chi connectivity index (χ1n) is 8.96. The van der Waals surface area contributed by atoms with Crippen LogP contribution in [0.3, 0.4) is 0 Å². The van der Waals surface area contributed by atoms with E-state index in [1.807, 2.05) is 24.0 Å². The fourth-order valence-corrected chi connectivity index (χ4v) is 3.96. The maximum atomic E-state index is 12.2. The van der Waals surface area contributed by atoms with E-state index in [0.717, 1.165) is 37.1 Å². The lowest BCUT2D eigenvalue weighted by Gasteiger charge is -2.37. The SMILES string of the molecule is Cc1nc(N2CCC(N3CC(C(N)=O)CC3=O)CC2)c2cccnc2n1. The summed E-state index contributed by atoms with van der Waals surface area (Å²) in [6.45, 7) is 3.93. The van der Waals surface area contributed by atoms with Crippen LogP contribution in [0.1, 0.15) is 25.1 Å².